The van der Waals surface area contributed by atoms with Crippen molar-refractivity contribution in [3.05, 3.63) is 27.7 Å². The van der Waals surface area contributed by atoms with Gasteiger partial charge in [-0.05, 0) is 47.8 Å². The lowest BCUT2D eigenvalue weighted by Crippen LogP contribution is -2.24. The van der Waals surface area contributed by atoms with Gasteiger partial charge in [0.05, 0.1) is 11.6 Å². The van der Waals surface area contributed by atoms with Crippen molar-refractivity contribution in [1.29, 1.82) is 0 Å². The summed E-state index contributed by atoms with van der Waals surface area (Å²) >= 11 is 3.19. The topological polar surface area (TPSA) is 21.3 Å². The Morgan fingerprint density at radius 3 is 2.88 bits per heavy atom. The number of hydrogen-bond acceptors (Lipinski definition) is 2. The number of nitrogens with one attached hydrogen (secondary N) is 1. The summed E-state index contributed by atoms with van der Waals surface area (Å²) in [6, 6.07) is 1.30. The molecule has 1 atom stereocenters. The van der Waals surface area contributed by atoms with E-state index in [1.807, 2.05) is 0 Å². The molecular formula is C12H14BrF2NO. The number of methoxy groups -OCH3 is 1. The molecule has 2 rings (SSSR count). The maximum absolute atomic E-state index is 13.8. The zero-order valence-electron chi connectivity index (χ0n) is 9.53. The van der Waals surface area contributed by atoms with Gasteiger partial charge in [0, 0.05) is 11.6 Å². The van der Waals surface area contributed by atoms with Crippen LogP contribution in [0.25, 0.3) is 0 Å². The highest BCUT2D eigenvalue weighted by atomic mass is 79.9. The van der Waals surface area contributed by atoms with E-state index in [4.69, 9.17) is 4.74 Å². The molecule has 1 N–H and O–H groups in total. The van der Waals surface area contributed by atoms with Gasteiger partial charge in [0.1, 0.15) is 5.75 Å². The molecule has 1 aliphatic rings. The maximum atomic E-state index is 13.8. The molecule has 0 amide bonds. The van der Waals surface area contributed by atoms with Gasteiger partial charge < -0.3 is 10.1 Å². The molecule has 17 heavy (non-hydrogen) atoms. The molecule has 0 bridgehead atoms. The molecule has 1 heterocycles. The molecule has 0 saturated carbocycles. The molecule has 1 saturated heterocycles. The first-order valence-corrected chi connectivity index (χ1v) is 6.36. The summed E-state index contributed by atoms with van der Waals surface area (Å²) in [6.45, 7) is 0.936. The summed E-state index contributed by atoms with van der Waals surface area (Å²) in [5.74, 6) is -1.26. The van der Waals surface area contributed by atoms with Crippen LogP contribution in [0.5, 0.6) is 5.75 Å². The largest absolute Gasteiger partial charge is 0.495 e. The molecule has 0 aliphatic carbocycles. The first kappa shape index (κ1) is 12.8. The summed E-state index contributed by atoms with van der Waals surface area (Å²) in [5.41, 5.74) is 0.304. The highest BCUT2D eigenvalue weighted by Crippen LogP contribution is 2.34. The average molecular weight is 306 g/mol. The summed E-state index contributed by atoms with van der Waals surface area (Å²) in [6.07, 6.45) is 2.51. The van der Waals surface area contributed by atoms with E-state index in [-0.39, 0.29) is 6.04 Å². The second kappa shape index (κ2) is 5.31. The summed E-state index contributed by atoms with van der Waals surface area (Å²) in [4.78, 5) is 0. The van der Waals surface area contributed by atoms with E-state index >= 15 is 0 Å². The highest BCUT2D eigenvalue weighted by Gasteiger charge is 2.23. The Hall–Kier alpha value is -0.680. The van der Waals surface area contributed by atoms with E-state index in [1.54, 1.807) is 0 Å². The number of rotatable bonds is 3. The molecule has 1 aromatic carbocycles. The van der Waals surface area contributed by atoms with Crippen molar-refractivity contribution in [2.75, 3.05) is 13.7 Å². The Balaban J connectivity index is 2.35. The van der Waals surface area contributed by atoms with Crippen LogP contribution in [0.1, 0.15) is 18.4 Å². The van der Waals surface area contributed by atoms with Crippen molar-refractivity contribution >= 4 is 15.9 Å². The van der Waals surface area contributed by atoms with Crippen LogP contribution in [0.2, 0.25) is 0 Å². The minimum Gasteiger partial charge on any atom is -0.495 e. The molecule has 5 heteroatoms. The molecular weight excluding hydrogens is 292 g/mol. The van der Waals surface area contributed by atoms with Gasteiger partial charge in [-0.1, -0.05) is 0 Å². The first-order chi connectivity index (χ1) is 8.13. The fraction of sp³-hybridized carbons (Fsp3) is 0.500. The van der Waals surface area contributed by atoms with Gasteiger partial charge in [-0.2, -0.15) is 0 Å². The standard InChI is InChI=1S/C12H14BrF2NO/c1-17-12-8(5-7-3-2-4-16-7)11(15)10(14)6-9(12)13/h6-7,16H,2-5H2,1H3. The van der Waals surface area contributed by atoms with Crippen molar-refractivity contribution in [2.24, 2.45) is 0 Å². The Kier molecular flexibility index (Phi) is 3.99. The van der Waals surface area contributed by atoms with E-state index in [0.717, 1.165) is 25.5 Å². The van der Waals surface area contributed by atoms with Gasteiger partial charge in [-0.15, -0.1) is 0 Å². The van der Waals surface area contributed by atoms with E-state index in [1.165, 1.54) is 7.11 Å². The fourth-order valence-electron chi connectivity index (χ4n) is 2.21. The monoisotopic (exact) mass is 305 g/mol. The van der Waals surface area contributed by atoms with Gasteiger partial charge in [0.2, 0.25) is 0 Å². The maximum Gasteiger partial charge on any atom is 0.165 e. The number of hydrogen-bond donors (Lipinski definition) is 1. The summed E-state index contributed by atoms with van der Waals surface area (Å²) in [5, 5.41) is 3.26. The molecule has 1 unspecified atom stereocenters. The second-order valence-corrected chi connectivity index (χ2v) is 5.02. The van der Waals surface area contributed by atoms with E-state index in [0.29, 0.717) is 22.2 Å². The van der Waals surface area contributed by atoms with Gasteiger partial charge in [0.25, 0.3) is 0 Å². The van der Waals surface area contributed by atoms with Crippen molar-refractivity contribution in [3.8, 4) is 5.75 Å². The molecule has 0 aromatic heterocycles. The molecule has 1 aliphatic heterocycles. The number of ether oxygens (including phenoxy) is 1. The molecule has 0 spiro atoms. The molecule has 0 radical (unpaired) electrons. The predicted molar refractivity (Wildman–Crippen MR) is 65.3 cm³/mol. The number of benzene rings is 1. The van der Waals surface area contributed by atoms with Crippen LogP contribution in [0.4, 0.5) is 8.78 Å². The van der Waals surface area contributed by atoms with Gasteiger partial charge in [-0.25, -0.2) is 8.78 Å². The van der Waals surface area contributed by atoms with E-state index in [2.05, 4.69) is 21.2 Å². The first-order valence-electron chi connectivity index (χ1n) is 5.57. The van der Waals surface area contributed by atoms with E-state index < -0.39 is 11.6 Å². The Morgan fingerprint density at radius 1 is 1.53 bits per heavy atom. The summed E-state index contributed by atoms with van der Waals surface area (Å²) in [7, 11) is 1.46. The molecule has 2 nitrogen and oxygen atoms in total. The third-order valence-electron chi connectivity index (χ3n) is 3.04. The van der Waals surface area contributed by atoms with Crippen molar-refractivity contribution in [1.82, 2.24) is 5.32 Å². The second-order valence-electron chi connectivity index (χ2n) is 4.16. The zero-order valence-corrected chi connectivity index (χ0v) is 11.1. The minimum atomic E-state index is -0.842. The fourth-order valence-corrected chi connectivity index (χ4v) is 2.81. The van der Waals surface area contributed by atoms with Crippen molar-refractivity contribution in [2.45, 2.75) is 25.3 Å². The average Bonchev–Trinajstić information content (AvgIpc) is 2.78. The summed E-state index contributed by atoms with van der Waals surface area (Å²) < 4.78 is 32.7. The Labute approximate surface area is 107 Å². The van der Waals surface area contributed by atoms with Gasteiger partial charge >= 0.3 is 0 Å². The van der Waals surface area contributed by atoms with Crippen LogP contribution in [-0.2, 0) is 6.42 Å². The SMILES string of the molecule is COc1c(Br)cc(F)c(F)c1CC1CCCN1. The quantitative estimate of drug-likeness (QED) is 0.867. The smallest absolute Gasteiger partial charge is 0.165 e. The van der Waals surface area contributed by atoms with Crippen LogP contribution in [0, 0.1) is 11.6 Å². The van der Waals surface area contributed by atoms with Crippen LogP contribution in [0.3, 0.4) is 0 Å². The van der Waals surface area contributed by atoms with Crippen LogP contribution >= 0.6 is 15.9 Å². The number of halogens is 3. The van der Waals surface area contributed by atoms with Gasteiger partial charge in [0.15, 0.2) is 11.6 Å². The minimum absolute atomic E-state index is 0.201. The zero-order chi connectivity index (χ0) is 12.4. The van der Waals surface area contributed by atoms with Crippen molar-refractivity contribution < 1.29 is 13.5 Å². The molecule has 1 aromatic rings. The van der Waals surface area contributed by atoms with E-state index in [9.17, 15) is 8.78 Å². The lowest BCUT2D eigenvalue weighted by atomic mass is 10.0. The predicted octanol–water partition coefficient (Wildman–Crippen LogP) is 3.03. The Bertz CT molecular complexity index is 419. The third kappa shape index (κ3) is 2.60. The third-order valence-corrected chi connectivity index (χ3v) is 3.63. The van der Waals surface area contributed by atoms with Crippen molar-refractivity contribution in [3.63, 3.8) is 0 Å². The highest BCUT2D eigenvalue weighted by molar-refractivity contribution is 9.10. The lowest BCUT2D eigenvalue weighted by molar-refractivity contribution is 0.390. The van der Waals surface area contributed by atoms with Crippen LogP contribution < -0.4 is 10.1 Å². The normalized spacial score (nSPS) is 19.6. The Morgan fingerprint density at radius 2 is 2.29 bits per heavy atom. The van der Waals surface area contributed by atoms with Gasteiger partial charge in [-0.3, -0.25) is 0 Å². The van der Waals surface area contributed by atoms with Crippen LogP contribution in [-0.4, -0.2) is 19.7 Å². The molecule has 94 valence electrons. The van der Waals surface area contributed by atoms with Crippen LogP contribution in [0.15, 0.2) is 10.5 Å². The molecule has 1 fully saturated rings. The lowest BCUT2D eigenvalue weighted by Gasteiger charge is -2.16.